The summed E-state index contributed by atoms with van der Waals surface area (Å²) in [4.78, 5) is 17.6. The Hall–Kier alpha value is -2.20. The summed E-state index contributed by atoms with van der Waals surface area (Å²) >= 11 is 9.97. The van der Waals surface area contributed by atoms with Crippen molar-refractivity contribution in [1.29, 1.82) is 0 Å². The zero-order valence-electron chi connectivity index (χ0n) is 14.6. The minimum atomic E-state index is -0.516. The lowest BCUT2D eigenvalue weighted by Gasteiger charge is -2.16. The number of nitrogens with one attached hydrogen (secondary N) is 2. The number of aryl methyl sites for hydroxylation is 2. The van der Waals surface area contributed by atoms with Crippen molar-refractivity contribution in [1.82, 2.24) is 20.1 Å². The molecule has 0 aliphatic rings. The Bertz CT molecular complexity index is 1010. The third-order valence-electron chi connectivity index (χ3n) is 3.86. The number of pyridine rings is 1. The summed E-state index contributed by atoms with van der Waals surface area (Å²) in [6, 6.07) is 5.70. The molecule has 10 heteroatoms. The Kier molecular flexibility index (Phi) is 5.95. The fourth-order valence-corrected chi connectivity index (χ4v) is 3.26. The van der Waals surface area contributed by atoms with Crippen LogP contribution in [0.1, 0.15) is 21.7 Å². The van der Waals surface area contributed by atoms with E-state index in [1.807, 2.05) is 25.1 Å². The van der Waals surface area contributed by atoms with Crippen LogP contribution < -0.4 is 10.8 Å². The van der Waals surface area contributed by atoms with Crippen molar-refractivity contribution in [3.05, 3.63) is 50.8 Å². The second-order valence-electron chi connectivity index (χ2n) is 5.76. The summed E-state index contributed by atoms with van der Waals surface area (Å²) in [5.41, 5.74) is 5.09. The second-order valence-corrected chi connectivity index (χ2v) is 7.05. The molecule has 0 saturated heterocycles. The summed E-state index contributed by atoms with van der Waals surface area (Å²) in [5.74, 6) is 0.0706. The number of anilines is 2. The molecule has 27 heavy (non-hydrogen) atoms. The number of aromatic nitrogens is 3. The van der Waals surface area contributed by atoms with Gasteiger partial charge in [0.05, 0.1) is 24.5 Å². The van der Waals surface area contributed by atoms with E-state index in [-0.39, 0.29) is 23.8 Å². The Morgan fingerprint density at radius 2 is 2.15 bits per heavy atom. The maximum atomic E-state index is 12.6. The van der Waals surface area contributed by atoms with Gasteiger partial charge in [-0.3, -0.25) is 14.0 Å². The van der Waals surface area contributed by atoms with Crippen LogP contribution >= 0.6 is 27.5 Å². The predicted molar refractivity (Wildman–Crippen MR) is 105 cm³/mol. The molecule has 1 aromatic carbocycles. The summed E-state index contributed by atoms with van der Waals surface area (Å²) in [7, 11) is 0. The smallest absolute Gasteiger partial charge is 0.278 e. The molecule has 1 amide bonds. The van der Waals surface area contributed by atoms with Gasteiger partial charge in [-0.25, -0.2) is 5.48 Å². The molecule has 2 heterocycles. The SMILES string of the molecule is Cc1cc(Br)ccc1Nc1c(C(=O)NOCCO)cn2c(C)nnc2c1Cl. The molecule has 3 aromatic rings. The third-order valence-corrected chi connectivity index (χ3v) is 4.71. The summed E-state index contributed by atoms with van der Waals surface area (Å²) in [6.07, 6.45) is 1.59. The van der Waals surface area contributed by atoms with Gasteiger partial charge in [-0.05, 0) is 37.6 Å². The van der Waals surface area contributed by atoms with Crippen LogP contribution in [0.4, 0.5) is 11.4 Å². The van der Waals surface area contributed by atoms with Crippen molar-refractivity contribution < 1.29 is 14.7 Å². The standard InChI is InChI=1S/C17H17BrClN5O3/c1-9-7-11(18)3-4-13(9)20-15-12(17(26)23-27-6-5-25)8-24-10(2)21-22-16(24)14(15)19/h3-4,7-8,20,25H,5-6H2,1-2H3,(H,23,26). The quantitative estimate of drug-likeness (QED) is 0.391. The van der Waals surface area contributed by atoms with Crippen LogP contribution in [-0.2, 0) is 4.84 Å². The van der Waals surface area contributed by atoms with Crippen LogP contribution in [0.5, 0.6) is 0 Å². The molecule has 0 saturated carbocycles. The Labute approximate surface area is 168 Å². The zero-order chi connectivity index (χ0) is 19.6. The van der Waals surface area contributed by atoms with Crippen LogP contribution in [0.25, 0.3) is 5.65 Å². The number of hydroxylamine groups is 1. The topological polar surface area (TPSA) is 101 Å². The number of carbonyl (C=O) groups is 1. The number of hydrogen-bond donors (Lipinski definition) is 3. The van der Waals surface area contributed by atoms with Gasteiger partial charge in [-0.15, -0.1) is 10.2 Å². The maximum Gasteiger partial charge on any atom is 0.278 e. The molecule has 3 N–H and O–H groups in total. The van der Waals surface area contributed by atoms with Gasteiger partial charge >= 0.3 is 0 Å². The first kappa shape index (κ1) is 19.6. The molecule has 0 aliphatic heterocycles. The van der Waals surface area contributed by atoms with Gasteiger partial charge in [0.2, 0.25) is 0 Å². The minimum absolute atomic E-state index is 0.0258. The van der Waals surface area contributed by atoms with Crippen LogP contribution in [0.2, 0.25) is 5.02 Å². The fourth-order valence-electron chi connectivity index (χ4n) is 2.51. The third kappa shape index (κ3) is 4.06. The number of aliphatic hydroxyl groups excluding tert-OH is 1. The van der Waals surface area contributed by atoms with Crippen molar-refractivity contribution in [3.8, 4) is 0 Å². The average Bonchev–Trinajstić information content (AvgIpc) is 3.00. The molecule has 0 radical (unpaired) electrons. The molecule has 0 bridgehead atoms. The minimum Gasteiger partial charge on any atom is -0.394 e. The molecule has 0 fully saturated rings. The number of rotatable bonds is 6. The van der Waals surface area contributed by atoms with E-state index in [0.29, 0.717) is 17.2 Å². The number of benzene rings is 1. The van der Waals surface area contributed by atoms with Crippen LogP contribution in [-0.4, -0.2) is 38.8 Å². The maximum absolute atomic E-state index is 12.6. The lowest BCUT2D eigenvalue weighted by molar-refractivity contribution is 0.0168. The van der Waals surface area contributed by atoms with E-state index in [1.165, 1.54) is 0 Å². The molecule has 0 unspecified atom stereocenters. The van der Waals surface area contributed by atoms with Crippen molar-refractivity contribution in [3.63, 3.8) is 0 Å². The number of carbonyl (C=O) groups excluding carboxylic acids is 1. The summed E-state index contributed by atoms with van der Waals surface area (Å²) < 4.78 is 2.57. The second kappa shape index (κ2) is 8.22. The number of fused-ring (bicyclic) bond motifs is 1. The van der Waals surface area contributed by atoms with E-state index in [2.05, 4.69) is 36.9 Å². The summed E-state index contributed by atoms with van der Waals surface area (Å²) in [6.45, 7) is 3.45. The molecular weight excluding hydrogens is 438 g/mol. The van der Waals surface area contributed by atoms with Gasteiger partial charge in [0.25, 0.3) is 5.91 Å². The van der Waals surface area contributed by atoms with E-state index in [9.17, 15) is 4.79 Å². The Balaban J connectivity index is 2.09. The van der Waals surface area contributed by atoms with Gasteiger partial charge in [-0.1, -0.05) is 27.5 Å². The first-order valence-electron chi connectivity index (χ1n) is 8.02. The first-order chi connectivity index (χ1) is 12.9. The molecule has 8 nitrogen and oxygen atoms in total. The molecule has 2 aromatic heterocycles. The molecule has 0 atom stereocenters. The molecule has 0 spiro atoms. The number of halogens is 2. The van der Waals surface area contributed by atoms with Crippen LogP contribution in [0.15, 0.2) is 28.9 Å². The highest BCUT2D eigenvalue weighted by Gasteiger charge is 2.21. The van der Waals surface area contributed by atoms with E-state index >= 15 is 0 Å². The van der Waals surface area contributed by atoms with Gasteiger partial charge < -0.3 is 10.4 Å². The van der Waals surface area contributed by atoms with Crippen molar-refractivity contribution in [2.45, 2.75) is 13.8 Å². The normalized spacial score (nSPS) is 11.0. The largest absolute Gasteiger partial charge is 0.394 e. The van der Waals surface area contributed by atoms with E-state index in [1.54, 1.807) is 17.5 Å². The van der Waals surface area contributed by atoms with E-state index in [4.69, 9.17) is 21.5 Å². The molecule has 0 aliphatic carbocycles. The molecule has 142 valence electrons. The summed E-state index contributed by atoms with van der Waals surface area (Å²) in [5, 5.41) is 20.4. The van der Waals surface area contributed by atoms with E-state index in [0.717, 1.165) is 15.7 Å². The number of nitrogens with zero attached hydrogens (tertiary/aromatic N) is 3. The lowest BCUT2D eigenvalue weighted by Crippen LogP contribution is -2.26. The van der Waals surface area contributed by atoms with Crippen molar-refractivity contribution in [2.75, 3.05) is 18.5 Å². The van der Waals surface area contributed by atoms with Crippen LogP contribution in [0.3, 0.4) is 0 Å². The Morgan fingerprint density at radius 3 is 2.85 bits per heavy atom. The highest BCUT2D eigenvalue weighted by molar-refractivity contribution is 9.10. The Morgan fingerprint density at radius 1 is 1.37 bits per heavy atom. The zero-order valence-corrected chi connectivity index (χ0v) is 16.9. The fraction of sp³-hybridized carbons (Fsp3) is 0.235. The number of hydrogen-bond acceptors (Lipinski definition) is 6. The lowest BCUT2D eigenvalue weighted by atomic mass is 10.1. The molecular formula is C17H17BrClN5O3. The highest BCUT2D eigenvalue weighted by atomic mass is 79.9. The number of aliphatic hydroxyl groups is 1. The van der Waals surface area contributed by atoms with Gasteiger partial charge in [0.1, 0.15) is 10.8 Å². The number of amides is 1. The monoisotopic (exact) mass is 453 g/mol. The van der Waals surface area contributed by atoms with E-state index < -0.39 is 5.91 Å². The predicted octanol–water partition coefficient (Wildman–Crippen LogP) is 3.16. The molecule has 3 rings (SSSR count). The van der Waals surface area contributed by atoms with Crippen molar-refractivity contribution >= 4 is 50.5 Å². The van der Waals surface area contributed by atoms with Gasteiger partial charge in [0, 0.05) is 16.4 Å². The average molecular weight is 455 g/mol. The van der Waals surface area contributed by atoms with Gasteiger partial charge in [-0.2, -0.15) is 0 Å². The van der Waals surface area contributed by atoms with Crippen molar-refractivity contribution in [2.24, 2.45) is 0 Å². The van der Waals surface area contributed by atoms with Crippen LogP contribution in [0, 0.1) is 13.8 Å². The highest BCUT2D eigenvalue weighted by Crippen LogP contribution is 2.34. The first-order valence-corrected chi connectivity index (χ1v) is 9.19. The van der Waals surface area contributed by atoms with Gasteiger partial charge in [0.15, 0.2) is 5.65 Å².